The van der Waals surface area contributed by atoms with Crippen LogP contribution in [0.25, 0.3) is 139 Å². The minimum Gasteiger partial charge on any atom is -0.456 e. The Morgan fingerprint density at radius 1 is 0.290 bits per heavy atom. The van der Waals surface area contributed by atoms with Gasteiger partial charge in [-0.2, -0.15) is 0 Å². The van der Waals surface area contributed by atoms with Gasteiger partial charge in [-0.25, -0.2) is 15.0 Å². The summed E-state index contributed by atoms with van der Waals surface area (Å²) in [4.78, 5) is 15.3. The van der Waals surface area contributed by atoms with Crippen molar-refractivity contribution in [2.75, 3.05) is 0 Å². The second kappa shape index (κ2) is 15.6. The first kappa shape index (κ1) is 38.8. The van der Waals surface area contributed by atoms with Gasteiger partial charge in [0.25, 0.3) is 0 Å². The Morgan fingerprint density at radius 2 is 0.768 bits per heavy atom. The monoisotopic (exact) mass is 882 g/mol. The zero-order valence-corrected chi connectivity index (χ0v) is 37.0. The molecule has 0 saturated carbocycles. The van der Waals surface area contributed by atoms with E-state index in [0.717, 1.165) is 94.0 Å². The molecule has 6 heteroatoms. The molecule has 14 rings (SSSR count). The number of benzene rings is 10. The second-order valence-electron chi connectivity index (χ2n) is 17.5. The van der Waals surface area contributed by atoms with Gasteiger partial charge in [-0.1, -0.05) is 188 Å². The van der Waals surface area contributed by atoms with Gasteiger partial charge in [0.15, 0.2) is 17.5 Å². The van der Waals surface area contributed by atoms with Crippen LogP contribution in [0, 0.1) is 0 Å². The van der Waals surface area contributed by atoms with Crippen LogP contribution in [0.15, 0.2) is 239 Å². The van der Waals surface area contributed by atoms with Crippen LogP contribution in [0.2, 0.25) is 0 Å². The van der Waals surface area contributed by atoms with Gasteiger partial charge < -0.3 is 13.4 Å². The quantitative estimate of drug-likeness (QED) is 0.159. The van der Waals surface area contributed by atoms with Gasteiger partial charge in [0.05, 0.1) is 27.7 Å². The Morgan fingerprint density at radius 3 is 1.49 bits per heavy atom. The van der Waals surface area contributed by atoms with Crippen molar-refractivity contribution >= 4 is 65.7 Å². The predicted molar refractivity (Wildman–Crippen MR) is 281 cm³/mol. The number of para-hydroxylation sites is 3. The zero-order valence-electron chi connectivity index (χ0n) is 37.0. The average Bonchev–Trinajstić information content (AvgIpc) is 4.11. The standard InChI is InChI=1S/C63H38N4O2/c1-4-16-39(17-5-1)41-32-34-43(35-33-41)62-64-61(42-20-8-3-9-21-42)65-63(66-62)50-27-13-26-49-48-25-12-24-47(59(48)69-60(49)50)46-23-14-30-55-57(46)58-54(29-15-31-56(58)68-55)67-52-28-11-10-22-45(52)51-38-44(36-37-53(51)67)40-18-6-2-7-19-40/h1-38H. The smallest absolute Gasteiger partial charge is 0.167 e. The number of furan rings is 2. The van der Waals surface area contributed by atoms with E-state index in [0.29, 0.717) is 23.1 Å². The van der Waals surface area contributed by atoms with Crippen LogP contribution in [0.5, 0.6) is 0 Å². The number of hydrogen-bond donors (Lipinski definition) is 0. The summed E-state index contributed by atoms with van der Waals surface area (Å²) in [6.07, 6.45) is 0. The van der Waals surface area contributed by atoms with E-state index in [2.05, 4.69) is 193 Å². The number of nitrogens with zero attached hydrogens (tertiary/aromatic N) is 4. The van der Waals surface area contributed by atoms with E-state index in [1.165, 1.54) is 21.9 Å². The van der Waals surface area contributed by atoms with E-state index in [9.17, 15) is 0 Å². The van der Waals surface area contributed by atoms with Gasteiger partial charge in [0.1, 0.15) is 22.3 Å². The fourth-order valence-corrected chi connectivity index (χ4v) is 10.3. The number of rotatable bonds is 7. The third kappa shape index (κ3) is 6.30. The summed E-state index contributed by atoms with van der Waals surface area (Å²) < 4.78 is 16.3. The fourth-order valence-electron chi connectivity index (χ4n) is 10.3. The predicted octanol–water partition coefficient (Wildman–Crippen LogP) is 16.8. The van der Waals surface area contributed by atoms with Gasteiger partial charge in [0, 0.05) is 43.6 Å². The number of fused-ring (bicyclic) bond motifs is 9. The lowest BCUT2D eigenvalue weighted by Gasteiger charge is -2.11. The maximum atomic E-state index is 7.15. The first-order valence-corrected chi connectivity index (χ1v) is 23.2. The molecule has 0 N–H and O–H groups in total. The lowest BCUT2D eigenvalue weighted by Crippen LogP contribution is -2.00. The molecule has 0 bridgehead atoms. The maximum Gasteiger partial charge on any atom is 0.167 e. The summed E-state index contributed by atoms with van der Waals surface area (Å²) in [7, 11) is 0. The van der Waals surface area contributed by atoms with Crippen LogP contribution < -0.4 is 0 Å². The summed E-state index contributed by atoms with van der Waals surface area (Å²) >= 11 is 0. The van der Waals surface area contributed by atoms with Crippen LogP contribution in [0.3, 0.4) is 0 Å². The first-order chi connectivity index (χ1) is 34.2. The van der Waals surface area contributed by atoms with Crippen molar-refractivity contribution < 1.29 is 8.83 Å². The van der Waals surface area contributed by atoms with Gasteiger partial charge in [0.2, 0.25) is 0 Å². The van der Waals surface area contributed by atoms with Gasteiger partial charge in [-0.05, 0) is 70.3 Å². The highest BCUT2D eigenvalue weighted by molar-refractivity contribution is 6.21. The molecule has 4 aromatic heterocycles. The second-order valence-corrected chi connectivity index (χ2v) is 17.5. The number of aromatic nitrogens is 4. The molecule has 0 unspecified atom stereocenters. The van der Waals surface area contributed by atoms with E-state index in [-0.39, 0.29) is 0 Å². The average molecular weight is 883 g/mol. The Kier molecular flexibility index (Phi) is 8.79. The Hall–Kier alpha value is -9.39. The third-order valence-corrected chi connectivity index (χ3v) is 13.5. The highest BCUT2D eigenvalue weighted by atomic mass is 16.3. The highest BCUT2D eigenvalue weighted by Gasteiger charge is 2.24. The van der Waals surface area contributed by atoms with Crippen molar-refractivity contribution in [2.24, 2.45) is 0 Å². The minimum atomic E-state index is 0.534. The number of hydrogen-bond acceptors (Lipinski definition) is 5. The minimum absolute atomic E-state index is 0.534. The van der Waals surface area contributed by atoms with Crippen LogP contribution >= 0.6 is 0 Å². The molecule has 0 spiro atoms. The Balaban J connectivity index is 0.953. The molecular weight excluding hydrogens is 845 g/mol. The van der Waals surface area contributed by atoms with Crippen LogP contribution in [0.1, 0.15) is 0 Å². The van der Waals surface area contributed by atoms with Crippen LogP contribution in [-0.4, -0.2) is 19.5 Å². The molecule has 0 fully saturated rings. The summed E-state index contributed by atoms with van der Waals surface area (Å²) in [5, 5.41) is 6.43. The molecule has 0 saturated heterocycles. The van der Waals surface area contributed by atoms with E-state index in [1.807, 2.05) is 42.5 Å². The van der Waals surface area contributed by atoms with Crippen molar-refractivity contribution in [3.05, 3.63) is 231 Å². The van der Waals surface area contributed by atoms with Gasteiger partial charge in [-0.15, -0.1) is 0 Å². The molecule has 69 heavy (non-hydrogen) atoms. The van der Waals surface area contributed by atoms with Crippen molar-refractivity contribution in [2.45, 2.75) is 0 Å². The van der Waals surface area contributed by atoms with Crippen molar-refractivity contribution in [3.63, 3.8) is 0 Å². The molecule has 4 heterocycles. The molecule has 10 aromatic carbocycles. The van der Waals surface area contributed by atoms with E-state index in [4.69, 9.17) is 23.8 Å². The maximum absolute atomic E-state index is 7.15. The molecule has 0 atom stereocenters. The molecular formula is C63H38N4O2. The Labute approximate surface area is 396 Å². The van der Waals surface area contributed by atoms with Crippen LogP contribution in [-0.2, 0) is 0 Å². The van der Waals surface area contributed by atoms with E-state index < -0.39 is 0 Å². The molecule has 14 aromatic rings. The van der Waals surface area contributed by atoms with Crippen molar-refractivity contribution in [1.29, 1.82) is 0 Å². The first-order valence-electron chi connectivity index (χ1n) is 23.2. The SMILES string of the molecule is c1ccc(-c2ccc(-c3nc(-c4ccccc4)nc(-c4cccc5c4oc4c(-c6cccc7oc8cccc(-n9c%10ccccc%10c%10cc(-c%11ccccc%11)ccc%109)c8c67)cccc45)n3)cc2)cc1. The fraction of sp³-hybridized carbons (Fsp3) is 0. The van der Waals surface area contributed by atoms with Gasteiger partial charge in [-0.3, -0.25) is 0 Å². The molecule has 6 nitrogen and oxygen atoms in total. The van der Waals surface area contributed by atoms with E-state index in [1.54, 1.807) is 0 Å². The highest BCUT2D eigenvalue weighted by Crippen LogP contribution is 2.46. The molecule has 0 aliphatic carbocycles. The van der Waals surface area contributed by atoms with Crippen molar-refractivity contribution in [1.82, 2.24) is 19.5 Å². The normalized spacial score (nSPS) is 11.8. The molecule has 0 amide bonds. The summed E-state index contributed by atoms with van der Waals surface area (Å²) in [5.41, 5.74) is 15.6. The molecule has 0 radical (unpaired) electrons. The third-order valence-electron chi connectivity index (χ3n) is 13.5. The lowest BCUT2D eigenvalue weighted by molar-refractivity contribution is 0.668. The summed E-state index contributed by atoms with van der Waals surface area (Å²) in [6.45, 7) is 0. The topological polar surface area (TPSA) is 69.9 Å². The van der Waals surface area contributed by atoms with Crippen molar-refractivity contribution in [3.8, 4) is 73.2 Å². The molecule has 0 aliphatic heterocycles. The van der Waals surface area contributed by atoms with Crippen LogP contribution in [0.4, 0.5) is 0 Å². The summed E-state index contributed by atoms with van der Waals surface area (Å²) in [5.74, 6) is 1.71. The zero-order chi connectivity index (χ0) is 45.4. The largest absolute Gasteiger partial charge is 0.456 e. The molecule has 0 aliphatic rings. The Bertz CT molecular complexity index is 4290. The van der Waals surface area contributed by atoms with E-state index >= 15 is 0 Å². The van der Waals surface area contributed by atoms with Gasteiger partial charge >= 0.3 is 0 Å². The molecule has 322 valence electrons. The lowest BCUT2D eigenvalue weighted by atomic mass is 9.97. The summed E-state index contributed by atoms with van der Waals surface area (Å²) in [6, 6.07) is 80.3.